The molecule has 0 aliphatic carbocycles. The summed E-state index contributed by atoms with van der Waals surface area (Å²) in [6, 6.07) is -0.493. The number of β-lactam (4-membered cyclic amide) rings is 1. The summed E-state index contributed by atoms with van der Waals surface area (Å²) in [5.41, 5.74) is 0.0497. The molecule has 2 fully saturated rings. The maximum absolute atomic E-state index is 12.5. The summed E-state index contributed by atoms with van der Waals surface area (Å²) in [5.74, 6) is -1.72. The van der Waals surface area contributed by atoms with Crippen LogP contribution in [0.5, 0.6) is 0 Å². The first kappa shape index (κ1) is 22.2. The van der Waals surface area contributed by atoms with Gasteiger partial charge in [-0.25, -0.2) is 4.79 Å². The second kappa shape index (κ2) is 8.52. The van der Waals surface area contributed by atoms with Crippen LogP contribution in [-0.4, -0.2) is 80.4 Å². The number of fused-ring (bicyclic) bond motifs is 1. The molecule has 31 heavy (non-hydrogen) atoms. The fraction of sp³-hybridized carbons (Fsp3) is 0.636. The normalized spacial score (nSPS) is 36.0. The van der Waals surface area contributed by atoms with Gasteiger partial charge >= 0.3 is 5.97 Å². The van der Waals surface area contributed by atoms with E-state index in [4.69, 9.17) is 0 Å². The molecule has 0 aromatic heterocycles. The SMILES string of the molecule is CC(=O)C1CC(SC2=C(C(=O)O)N3C(=O)C(C(C)O)C3C2C)CN1CC1C=CN=CC1. The molecule has 0 radical (unpaired) electrons. The molecule has 0 aromatic carbocycles. The van der Waals surface area contributed by atoms with E-state index in [1.54, 1.807) is 20.0 Å². The van der Waals surface area contributed by atoms with E-state index in [-0.39, 0.29) is 40.6 Å². The molecular weight excluding hydrogens is 418 g/mol. The number of aliphatic carboxylic acids is 1. The van der Waals surface area contributed by atoms with Crippen LogP contribution in [0.4, 0.5) is 0 Å². The summed E-state index contributed by atoms with van der Waals surface area (Å²) >= 11 is 1.49. The summed E-state index contributed by atoms with van der Waals surface area (Å²) in [7, 11) is 0. The number of ketones is 1. The number of amides is 1. The summed E-state index contributed by atoms with van der Waals surface area (Å²) in [5, 5.41) is 19.9. The van der Waals surface area contributed by atoms with E-state index in [0.717, 1.165) is 13.0 Å². The van der Waals surface area contributed by atoms with Crippen LogP contribution in [0.15, 0.2) is 27.9 Å². The van der Waals surface area contributed by atoms with Gasteiger partial charge in [0.25, 0.3) is 0 Å². The van der Waals surface area contributed by atoms with Gasteiger partial charge in [-0.05, 0) is 32.6 Å². The Bertz CT molecular complexity index is 882. The number of carbonyl (C=O) groups excluding carboxylic acids is 2. The van der Waals surface area contributed by atoms with Gasteiger partial charge in [-0.1, -0.05) is 13.0 Å². The van der Waals surface area contributed by atoms with E-state index < -0.39 is 18.0 Å². The molecule has 4 aliphatic rings. The molecule has 0 bridgehead atoms. The van der Waals surface area contributed by atoms with Gasteiger partial charge in [0.2, 0.25) is 5.91 Å². The molecule has 0 saturated carbocycles. The molecular formula is C22H29N3O5S. The lowest BCUT2D eigenvalue weighted by Crippen LogP contribution is -2.63. The molecule has 0 aromatic rings. The van der Waals surface area contributed by atoms with Gasteiger partial charge < -0.3 is 15.1 Å². The molecule has 0 spiro atoms. The zero-order chi connectivity index (χ0) is 22.4. The monoisotopic (exact) mass is 447 g/mol. The lowest BCUT2D eigenvalue weighted by molar-refractivity contribution is -0.163. The Balaban J connectivity index is 1.52. The number of aliphatic hydroxyl groups is 1. The minimum Gasteiger partial charge on any atom is -0.477 e. The van der Waals surface area contributed by atoms with Crippen molar-refractivity contribution in [3.63, 3.8) is 0 Å². The number of thioether (sulfide) groups is 1. The van der Waals surface area contributed by atoms with Gasteiger partial charge in [0.1, 0.15) is 11.5 Å². The van der Waals surface area contributed by atoms with E-state index >= 15 is 0 Å². The standard InChI is InChI=1S/C22H29N3O5S/c1-11-18-17(13(3)27)21(28)25(18)19(22(29)30)20(11)31-15-8-16(12(2)26)24(10-15)9-14-4-6-23-7-5-14/h4,6-7,11,13-18,27H,5,8-10H2,1-3H3,(H,29,30). The Hall–Kier alpha value is -1.97. The smallest absolute Gasteiger partial charge is 0.353 e. The average Bonchev–Trinajstić information content (AvgIpc) is 3.20. The number of carbonyl (C=O) groups is 3. The third-order valence-electron chi connectivity index (χ3n) is 6.87. The van der Waals surface area contributed by atoms with Crippen molar-refractivity contribution in [1.29, 1.82) is 0 Å². The number of aliphatic hydroxyl groups excluding tert-OH is 1. The Morgan fingerprint density at radius 1 is 1.39 bits per heavy atom. The minimum absolute atomic E-state index is 0.0497. The van der Waals surface area contributed by atoms with Crippen molar-refractivity contribution in [1.82, 2.24) is 9.80 Å². The van der Waals surface area contributed by atoms with Crippen LogP contribution in [0.1, 0.15) is 33.6 Å². The Morgan fingerprint density at radius 2 is 2.13 bits per heavy atom. The summed E-state index contributed by atoms with van der Waals surface area (Å²) in [6.07, 6.45) is 6.44. The topological polar surface area (TPSA) is 111 Å². The fourth-order valence-corrected chi connectivity index (χ4v) is 6.93. The van der Waals surface area contributed by atoms with Crippen molar-refractivity contribution >= 4 is 35.6 Å². The number of aliphatic imine (C=N–C) groups is 1. The molecule has 9 heteroatoms. The van der Waals surface area contributed by atoms with Gasteiger partial charge in [0.05, 0.1) is 24.1 Å². The second-order valence-corrected chi connectivity index (χ2v) is 10.3. The van der Waals surface area contributed by atoms with Crippen molar-refractivity contribution in [2.24, 2.45) is 22.7 Å². The maximum atomic E-state index is 12.5. The first-order chi connectivity index (χ1) is 14.7. The summed E-state index contributed by atoms with van der Waals surface area (Å²) in [6.45, 7) is 6.58. The highest BCUT2D eigenvalue weighted by Crippen LogP contribution is 2.52. The van der Waals surface area contributed by atoms with Gasteiger partial charge in [-0.3, -0.25) is 19.5 Å². The molecule has 4 rings (SSSR count). The number of nitrogens with zero attached hydrogens (tertiary/aromatic N) is 3. The lowest BCUT2D eigenvalue weighted by atomic mass is 9.79. The van der Waals surface area contributed by atoms with E-state index in [2.05, 4.69) is 16.0 Å². The molecule has 1 amide bonds. The van der Waals surface area contributed by atoms with Crippen molar-refractivity contribution in [3.8, 4) is 0 Å². The molecule has 168 valence electrons. The highest BCUT2D eigenvalue weighted by molar-refractivity contribution is 8.03. The van der Waals surface area contributed by atoms with Crippen LogP contribution in [0, 0.1) is 17.8 Å². The first-order valence-corrected chi connectivity index (χ1v) is 11.7. The maximum Gasteiger partial charge on any atom is 0.353 e. The molecule has 7 atom stereocenters. The number of carboxylic acid groups (broad SMARTS) is 1. The van der Waals surface area contributed by atoms with Crippen LogP contribution >= 0.6 is 11.8 Å². The quantitative estimate of drug-likeness (QED) is 0.569. The van der Waals surface area contributed by atoms with E-state index in [0.29, 0.717) is 23.8 Å². The Morgan fingerprint density at radius 3 is 2.71 bits per heavy atom. The summed E-state index contributed by atoms with van der Waals surface area (Å²) in [4.78, 5) is 45.2. The number of Topliss-reactive ketones (excluding diaryl/α,β-unsaturated/α-hetero) is 1. The van der Waals surface area contributed by atoms with Gasteiger partial charge in [0, 0.05) is 41.6 Å². The number of hydrogen-bond acceptors (Lipinski definition) is 7. The number of hydrogen-bond donors (Lipinski definition) is 2. The van der Waals surface area contributed by atoms with Gasteiger partial charge in [-0.2, -0.15) is 0 Å². The van der Waals surface area contributed by atoms with Crippen molar-refractivity contribution < 1.29 is 24.6 Å². The largest absolute Gasteiger partial charge is 0.477 e. The van der Waals surface area contributed by atoms with Crippen LogP contribution in [-0.2, 0) is 14.4 Å². The van der Waals surface area contributed by atoms with Crippen LogP contribution in [0.3, 0.4) is 0 Å². The van der Waals surface area contributed by atoms with Crippen LogP contribution < -0.4 is 0 Å². The van der Waals surface area contributed by atoms with Crippen LogP contribution in [0.25, 0.3) is 0 Å². The first-order valence-electron chi connectivity index (χ1n) is 10.8. The van der Waals surface area contributed by atoms with E-state index in [9.17, 15) is 24.6 Å². The highest BCUT2D eigenvalue weighted by Gasteiger charge is 2.60. The number of likely N-dealkylation sites (tertiary alicyclic amines) is 1. The number of carboxylic acids is 1. The highest BCUT2D eigenvalue weighted by atomic mass is 32.2. The number of rotatable bonds is 7. The zero-order valence-corrected chi connectivity index (χ0v) is 18.8. The van der Waals surface area contributed by atoms with Crippen LogP contribution in [0.2, 0.25) is 0 Å². The predicted octanol–water partition coefficient (Wildman–Crippen LogP) is 1.51. The van der Waals surface area contributed by atoms with Gasteiger partial charge in [-0.15, -0.1) is 11.8 Å². The molecule has 2 saturated heterocycles. The fourth-order valence-electron chi connectivity index (χ4n) is 5.37. The second-order valence-electron chi connectivity index (χ2n) is 9.00. The summed E-state index contributed by atoms with van der Waals surface area (Å²) < 4.78 is 0. The zero-order valence-electron chi connectivity index (χ0n) is 18.0. The van der Waals surface area contributed by atoms with Crippen molar-refractivity contribution in [3.05, 3.63) is 22.9 Å². The molecule has 4 aliphatic heterocycles. The molecule has 7 unspecified atom stereocenters. The van der Waals surface area contributed by atoms with E-state index in [1.807, 2.05) is 13.1 Å². The Kier molecular flexibility index (Phi) is 6.11. The van der Waals surface area contributed by atoms with Gasteiger partial charge in [0.15, 0.2) is 0 Å². The lowest BCUT2D eigenvalue weighted by Gasteiger charge is -2.46. The molecule has 2 N–H and O–H groups in total. The Labute approximate surface area is 186 Å². The van der Waals surface area contributed by atoms with E-state index in [1.165, 1.54) is 16.7 Å². The predicted molar refractivity (Wildman–Crippen MR) is 117 cm³/mol. The van der Waals surface area contributed by atoms with Crippen molar-refractivity contribution in [2.45, 2.75) is 57.1 Å². The minimum atomic E-state index is -1.11. The van der Waals surface area contributed by atoms with Crippen molar-refractivity contribution in [2.75, 3.05) is 13.1 Å². The molecule has 4 heterocycles. The third kappa shape index (κ3) is 3.87. The third-order valence-corrected chi connectivity index (χ3v) is 8.36. The molecule has 8 nitrogen and oxygen atoms in total. The average molecular weight is 448 g/mol.